The normalized spacial score (nSPS) is 25.6. The highest BCUT2D eigenvalue weighted by Gasteiger charge is 2.29. The molecule has 1 aliphatic rings. The third-order valence-corrected chi connectivity index (χ3v) is 6.88. The summed E-state index contributed by atoms with van der Waals surface area (Å²) < 4.78 is 23.4. The number of hydrogen-bond acceptors (Lipinski definition) is 4. The molecule has 1 aliphatic carbocycles. The van der Waals surface area contributed by atoms with Gasteiger partial charge >= 0.3 is 0 Å². The highest BCUT2D eigenvalue weighted by atomic mass is 32.2. The number of nitrogens with one attached hydrogen (secondary N) is 1. The minimum Gasteiger partial charge on any atom is -0.307 e. The van der Waals surface area contributed by atoms with Gasteiger partial charge in [0.25, 0.3) is 0 Å². The summed E-state index contributed by atoms with van der Waals surface area (Å²) in [6, 6.07) is 2.86. The molecule has 1 aromatic heterocycles. The van der Waals surface area contributed by atoms with Gasteiger partial charge in [0.2, 0.25) is 0 Å². The van der Waals surface area contributed by atoms with E-state index in [1.807, 2.05) is 11.3 Å². The fourth-order valence-electron chi connectivity index (χ4n) is 3.21. The third-order valence-electron chi connectivity index (χ3n) is 4.26. The molecule has 0 aromatic carbocycles. The fraction of sp³-hybridized carbons (Fsp3) is 0.733. The van der Waals surface area contributed by atoms with Crippen molar-refractivity contribution in [1.82, 2.24) is 5.32 Å². The van der Waals surface area contributed by atoms with Crippen molar-refractivity contribution in [2.75, 3.05) is 6.26 Å². The average molecular weight is 316 g/mol. The highest BCUT2D eigenvalue weighted by molar-refractivity contribution is 7.91. The predicted molar refractivity (Wildman–Crippen MR) is 86.2 cm³/mol. The van der Waals surface area contributed by atoms with Gasteiger partial charge in [-0.1, -0.05) is 6.42 Å². The van der Waals surface area contributed by atoms with Crippen molar-refractivity contribution >= 4 is 21.2 Å². The zero-order valence-corrected chi connectivity index (χ0v) is 14.4. The third kappa shape index (κ3) is 3.83. The van der Waals surface area contributed by atoms with E-state index in [2.05, 4.69) is 32.2 Å². The van der Waals surface area contributed by atoms with E-state index < -0.39 is 9.84 Å². The van der Waals surface area contributed by atoms with E-state index in [0.29, 0.717) is 12.1 Å². The molecule has 0 amide bonds. The van der Waals surface area contributed by atoms with Gasteiger partial charge in [-0.2, -0.15) is 0 Å². The van der Waals surface area contributed by atoms with Crippen LogP contribution in [0.15, 0.2) is 6.07 Å². The summed E-state index contributed by atoms with van der Waals surface area (Å²) in [5.74, 6) is 0. The van der Waals surface area contributed by atoms with Crippen LogP contribution in [0.5, 0.6) is 0 Å². The van der Waals surface area contributed by atoms with Gasteiger partial charge in [0.15, 0.2) is 0 Å². The van der Waals surface area contributed by atoms with E-state index in [4.69, 9.17) is 0 Å². The van der Waals surface area contributed by atoms with Crippen LogP contribution in [0.25, 0.3) is 0 Å². The van der Waals surface area contributed by atoms with Crippen LogP contribution in [0, 0.1) is 13.8 Å². The van der Waals surface area contributed by atoms with Crippen LogP contribution in [0.1, 0.15) is 54.0 Å². The zero-order valence-electron chi connectivity index (χ0n) is 12.8. The summed E-state index contributed by atoms with van der Waals surface area (Å²) >= 11 is 1.83. The SMILES string of the molecule is Cc1cc(C(C)NC2CCCC(S(C)(=O)=O)C2)c(C)s1. The van der Waals surface area contributed by atoms with Crippen molar-refractivity contribution in [2.45, 2.75) is 63.8 Å². The maximum Gasteiger partial charge on any atom is 0.150 e. The molecule has 3 nitrogen and oxygen atoms in total. The lowest BCUT2D eigenvalue weighted by molar-refractivity contribution is 0.346. The molecule has 1 fully saturated rings. The summed E-state index contributed by atoms with van der Waals surface area (Å²) in [6.45, 7) is 6.47. The molecule has 0 bridgehead atoms. The van der Waals surface area contributed by atoms with Gasteiger partial charge in [0, 0.05) is 28.1 Å². The van der Waals surface area contributed by atoms with Crippen LogP contribution in [0.4, 0.5) is 0 Å². The number of aryl methyl sites for hydroxylation is 2. The molecule has 1 N–H and O–H groups in total. The van der Waals surface area contributed by atoms with E-state index in [1.54, 1.807) is 0 Å². The first-order valence-corrected chi connectivity index (χ1v) is 10.1. The van der Waals surface area contributed by atoms with E-state index in [0.717, 1.165) is 25.7 Å². The Morgan fingerprint density at radius 3 is 2.60 bits per heavy atom. The maximum atomic E-state index is 11.7. The molecular formula is C15H25NO2S2. The standard InChI is InChI=1S/C15H25NO2S2/c1-10-8-15(12(3)19-10)11(2)16-13-6-5-7-14(9-13)20(4,17)18/h8,11,13-14,16H,5-7,9H2,1-4H3. The Morgan fingerprint density at radius 1 is 1.35 bits per heavy atom. The van der Waals surface area contributed by atoms with Crippen molar-refractivity contribution < 1.29 is 8.42 Å². The summed E-state index contributed by atoms with van der Waals surface area (Å²) in [5, 5.41) is 3.47. The molecule has 0 saturated heterocycles. The molecule has 0 radical (unpaired) electrons. The Balaban J connectivity index is 2.01. The van der Waals surface area contributed by atoms with Crippen molar-refractivity contribution in [3.63, 3.8) is 0 Å². The van der Waals surface area contributed by atoms with E-state index in [9.17, 15) is 8.42 Å². The summed E-state index contributed by atoms with van der Waals surface area (Å²) in [7, 11) is -2.90. The number of rotatable bonds is 4. The predicted octanol–water partition coefficient (Wildman–Crippen LogP) is 3.37. The number of sulfone groups is 1. The van der Waals surface area contributed by atoms with Gasteiger partial charge in [0.05, 0.1) is 5.25 Å². The Kier molecular flexibility index (Phi) is 4.92. The van der Waals surface area contributed by atoms with Crippen molar-refractivity contribution in [3.05, 3.63) is 21.4 Å². The molecule has 0 spiro atoms. The second-order valence-corrected chi connectivity index (χ2v) is 9.86. The average Bonchev–Trinajstić information content (AvgIpc) is 2.68. The molecule has 114 valence electrons. The Morgan fingerprint density at radius 2 is 2.05 bits per heavy atom. The van der Waals surface area contributed by atoms with Crippen molar-refractivity contribution in [3.8, 4) is 0 Å². The van der Waals surface area contributed by atoms with Gasteiger partial charge in [0.1, 0.15) is 9.84 Å². The van der Waals surface area contributed by atoms with Gasteiger partial charge in [-0.3, -0.25) is 0 Å². The first kappa shape index (κ1) is 16.0. The minimum absolute atomic E-state index is 0.161. The monoisotopic (exact) mass is 315 g/mol. The van der Waals surface area contributed by atoms with Crippen LogP contribution < -0.4 is 5.32 Å². The second-order valence-electron chi connectivity index (χ2n) is 6.07. The lowest BCUT2D eigenvalue weighted by Crippen LogP contribution is -2.39. The quantitative estimate of drug-likeness (QED) is 0.926. The van der Waals surface area contributed by atoms with E-state index in [-0.39, 0.29) is 5.25 Å². The van der Waals surface area contributed by atoms with Gasteiger partial charge < -0.3 is 5.32 Å². The first-order chi connectivity index (χ1) is 9.27. The number of hydrogen-bond donors (Lipinski definition) is 1. The Labute approximate surface area is 126 Å². The van der Waals surface area contributed by atoms with Crippen molar-refractivity contribution in [2.24, 2.45) is 0 Å². The summed E-state index contributed by atoms with van der Waals surface area (Å²) in [6.07, 6.45) is 5.03. The molecule has 3 atom stereocenters. The van der Waals surface area contributed by atoms with E-state index in [1.165, 1.54) is 21.6 Å². The van der Waals surface area contributed by atoms with E-state index >= 15 is 0 Å². The minimum atomic E-state index is -2.90. The molecule has 20 heavy (non-hydrogen) atoms. The first-order valence-electron chi connectivity index (χ1n) is 7.29. The van der Waals surface area contributed by atoms with Gasteiger partial charge in [-0.15, -0.1) is 11.3 Å². The number of thiophene rings is 1. The fourth-order valence-corrected chi connectivity index (χ4v) is 5.41. The Bertz CT molecular complexity index is 562. The van der Waals surface area contributed by atoms with Gasteiger partial charge in [-0.05, 0) is 51.7 Å². The second kappa shape index (κ2) is 6.16. The molecule has 1 saturated carbocycles. The smallest absolute Gasteiger partial charge is 0.150 e. The van der Waals surface area contributed by atoms with Crippen LogP contribution >= 0.6 is 11.3 Å². The summed E-state index contributed by atoms with van der Waals surface area (Å²) in [5.41, 5.74) is 1.36. The van der Waals surface area contributed by atoms with Crippen LogP contribution in [0.2, 0.25) is 0 Å². The Hall–Kier alpha value is -0.390. The maximum absolute atomic E-state index is 11.7. The molecule has 5 heteroatoms. The van der Waals surface area contributed by atoms with Crippen LogP contribution in [0.3, 0.4) is 0 Å². The molecular weight excluding hydrogens is 290 g/mol. The molecule has 1 heterocycles. The molecule has 3 unspecified atom stereocenters. The molecule has 2 rings (SSSR count). The zero-order chi connectivity index (χ0) is 14.9. The van der Waals surface area contributed by atoms with Crippen LogP contribution in [-0.2, 0) is 9.84 Å². The van der Waals surface area contributed by atoms with Crippen molar-refractivity contribution in [1.29, 1.82) is 0 Å². The van der Waals surface area contributed by atoms with Gasteiger partial charge in [-0.25, -0.2) is 8.42 Å². The lowest BCUT2D eigenvalue weighted by atomic mass is 9.93. The van der Waals surface area contributed by atoms with Crippen LogP contribution in [-0.4, -0.2) is 26.0 Å². The molecule has 0 aliphatic heterocycles. The largest absolute Gasteiger partial charge is 0.307 e. The molecule has 1 aromatic rings. The highest BCUT2D eigenvalue weighted by Crippen LogP contribution is 2.29. The lowest BCUT2D eigenvalue weighted by Gasteiger charge is -2.31. The summed E-state index contributed by atoms with van der Waals surface area (Å²) in [4.78, 5) is 2.70. The topological polar surface area (TPSA) is 46.2 Å².